The van der Waals surface area contributed by atoms with E-state index >= 15 is 0 Å². The Morgan fingerprint density at radius 2 is 1.79 bits per heavy atom. The number of carbonyl (C=O) groups is 4. The van der Waals surface area contributed by atoms with E-state index in [0.29, 0.717) is 5.56 Å². The summed E-state index contributed by atoms with van der Waals surface area (Å²) in [4.78, 5) is 50.8. The van der Waals surface area contributed by atoms with Crippen LogP contribution in [0.1, 0.15) is 63.7 Å². The van der Waals surface area contributed by atoms with Crippen molar-refractivity contribution in [1.82, 2.24) is 25.7 Å². The number of Topliss-reactive ketones (excluding diaryl/α,β-unsaturated/α-hetero) is 1. The van der Waals surface area contributed by atoms with Crippen molar-refractivity contribution in [2.24, 2.45) is 5.92 Å². The first-order valence-electron chi connectivity index (χ1n) is 10.8. The van der Waals surface area contributed by atoms with Crippen molar-refractivity contribution in [1.29, 1.82) is 0 Å². The molecule has 1 aromatic carbocycles. The quantitative estimate of drug-likeness (QED) is 0.443. The Morgan fingerprint density at radius 1 is 1.18 bits per heavy atom. The van der Waals surface area contributed by atoms with Crippen molar-refractivity contribution in [3.8, 4) is 0 Å². The minimum Gasteiger partial charge on any atom is -0.417 e. The van der Waals surface area contributed by atoms with Crippen LogP contribution in [0.15, 0.2) is 28.7 Å². The number of urea groups is 1. The van der Waals surface area contributed by atoms with E-state index in [-0.39, 0.29) is 23.5 Å². The van der Waals surface area contributed by atoms with Gasteiger partial charge in [-0.3, -0.25) is 19.3 Å². The number of amides is 4. The summed E-state index contributed by atoms with van der Waals surface area (Å²) in [5.74, 6) is -2.69. The highest BCUT2D eigenvalue weighted by atomic mass is 19.1. The van der Waals surface area contributed by atoms with Gasteiger partial charge in [0.15, 0.2) is 0 Å². The maximum atomic E-state index is 13.3. The summed E-state index contributed by atoms with van der Waals surface area (Å²) in [6.07, 6.45) is 0. The van der Waals surface area contributed by atoms with Crippen LogP contribution in [0.3, 0.4) is 0 Å². The van der Waals surface area contributed by atoms with Crippen molar-refractivity contribution in [2.75, 3.05) is 6.54 Å². The van der Waals surface area contributed by atoms with E-state index < -0.39 is 47.2 Å². The molecule has 1 aliphatic heterocycles. The number of hydrogen-bond donors (Lipinski definition) is 2. The zero-order chi connectivity index (χ0) is 25.4. The number of ketones is 1. The SMILES string of the molecule is CC(C)[C@@H](NC(=O)CN1C(=O)NC(C)(C)C1=O)C(=O)c1nnc(C(C)(C)c2ccc(F)cc2)o1. The number of nitrogens with zero attached hydrogens (tertiary/aromatic N) is 3. The molecular formula is C23H28FN5O5. The summed E-state index contributed by atoms with van der Waals surface area (Å²) in [6.45, 7) is 9.57. The lowest BCUT2D eigenvalue weighted by Gasteiger charge is -2.22. The summed E-state index contributed by atoms with van der Waals surface area (Å²) in [7, 11) is 0. The number of nitrogens with one attached hydrogen (secondary N) is 2. The molecule has 0 aliphatic carbocycles. The normalized spacial score (nSPS) is 16.5. The van der Waals surface area contributed by atoms with E-state index in [1.54, 1.807) is 39.8 Å². The number of carbonyl (C=O) groups excluding carboxylic acids is 4. The summed E-state index contributed by atoms with van der Waals surface area (Å²) in [5.41, 5.74) is -1.20. The maximum absolute atomic E-state index is 13.3. The van der Waals surface area contributed by atoms with Crippen LogP contribution in [0, 0.1) is 11.7 Å². The van der Waals surface area contributed by atoms with Crippen molar-refractivity contribution >= 4 is 23.6 Å². The maximum Gasteiger partial charge on any atom is 0.325 e. The van der Waals surface area contributed by atoms with Gasteiger partial charge < -0.3 is 15.1 Å². The van der Waals surface area contributed by atoms with Gasteiger partial charge in [-0.05, 0) is 51.3 Å². The van der Waals surface area contributed by atoms with Crippen molar-refractivity contribution in [3.05, 3.63) is 47.4 Å². The third-order valence-corrected chi connectivity index (χ3v) is 5.75. The number of hydrogen-bond acceptors (Lipinski definition) is 7. The lowest BCUT2D eigenvalue weighted by atomic mass is 9.84. The molecule has 0 unspecified atom stereocenters. The monoisotopic (exact) mass is 473 g/mol. The number of halogens is 1. The molecule has 2 aromatic rings. The molecule has 0 spiro atoms. The molecule has 182 valence electrons. The Kier molecular flexibility index (Phi) is 6.59. The lowest BCUT2D eigenvalue weighted by Crippen LogP contribution is -2.49. The smallest absolute Gasteiger partial charge is 0.325 e. The summed E-state index contributed by atoms with van der Waals surface area (Å²) in [6, 6.07) is 4.11. The number of benzene rings is 1. The second-order valence-corrected chi connectivity index (χ2v) is 9.64. The van der Waals surface area contributed by atoms with Crippen LogP contribution in [0.5, 0.6) is 0 Å². The van der Waals surface area contributed by atoms with Gasteiger partial charge in [0, 0.05) is 0 Å². The predicted molar refractivity (Wildman–Crippen MR) is 118 cm³/mol. The highest BCUT2D eigenvalue weighted by molar-refractivity contribution is 6.09. The molecule has 2 N–H and O–H groups in total. The molecule has 1 aliphatic rings. The zero-order valence-electron chi connectivity index (χ0n) is 19.9. The van der Waals surface area contributed by atoms with Crippen molar-refractivity contribution in [2.45, 2.75) is 58.5 Å². The fourth-order valence-corrected chi connectivity index (χ4v) is 3.56. The van der Waals surface area contributed by atoms with Gasteiger partial charge in [0.25, 0.3) is 11.8 Å². The number of imide groups is 1. The van der Waals surface area contributed by atoms with Crippen LogP contribution in [0.4, 0.5) is 9.18 Å². The van der Waals surface area contributed by atoms with Crippen molar-refractivity contribution in [3.63, 3.8) is 0 Å². The Hall–Kier alpha value is -3.63. The van der Waals surface area contributed by atoms with Crippen molar-refractivity contribution < 1.29 is 28.0 Å². The molecular weight excluding hydrogens is 445 g/mol. The third-order valence-electron chi connectivity index (χ3n) is 5.75. The van der Waals surface area contributed by atoms with E-state index in [4.69, 9.17) is 4.42 Å². The van der Waals surface area contributed by atoms with Crippen LogP contribution >= 0.6 is 0 Å². The van der Waals surface area contributed by atoms with Crippen LogP contribution in [-0.2, 0) is 15.0 Å². The fourth-order valence-electron chi connectivity index (χ4n) is 3.56. The standard InChI is InChI=1S/C23H28FN5O5/c1-12(2)16(25-15(30)11-29-20(32)23(5,6)26-21(29)33)17(31)18-27-28-19(34-18)22(3,4)13-7-9-14(24)10-8-13/h7-10,12,16H,11H2,1-6H3,(H,25,30)(H,26,33)/t16-/m1/s1. The molecule has 1 aromatic heterocycles. The molecule has 3 rings (SSSR count). The van der Waals surface area contributed by atoms with Gasteiger partial charge in [-0.15, -0.1) is 10.2 Å². The fraction of sp³-hybridized carbons (Fsp3) is 0.478. The van der Waals surface area contributed by atoms with Gasteiger partial charge >= 0.3 is 6.03 Å². The van der Waals surface area contributed by atoms with E-state index in [1.165, 1.54) is 26.0 Å². The third kappa shape index (κ3) is 4.82. The molecule has 34 heavy (non-hydrogen) atoms. The average molecular weight is 474 g/mol. The van der Waals surface area contributed by atoms with Gasteiger partial charge in [-0.25, -0.2) is 9.18 Å². The lowest BCUT2D eigenvalue weighted by molar-refractivity contribution is -0.134. The molecule has 1 saturated heterocycles. The minimum atomic E-state index is -1.11. The molecule has 1 atom stereocenters. The van der Waals surface area contributed by atoms with Gasteiger partial charge in [-0.1, -0.05) is 26.0 Å². The van der Waals surface area contributed by atoms with Crippen LogP contribution in [0.2, 0.25) is 0 Å². The van der Waals surface area contributed by atoms with Gasteiger partial charge in [0.1, 0.15) is 17.9 Å². The first-order valence-corrected chi connectivity index (χ1v) is 10.8. The number of aromatic nitrogens is 2. The van der Waals surface area contributed by atoms with Gasteiger partial charge in [0.05, 0.1) is 11.5 Å². The second kappa shape index (κ2) is 8.96. The van der Waals surface area contributed by atoms with Gasteiger partial charge in [-0.2, -0.15) is 0 Å². The summed E-state index contributed by atoms with van der Waals surface area (Å²) in [5, 5.41) is 12.9. The molecule has 10 nitrogen and oxygen atoms in total. The van der Waals surface area contributed by atoms with E-state index in [0.717, 1.165) is 4.90 Å². The highest BCUT2D eigenvalue weighted by Gasteiger charge is 2.45. The Balaban J connectivity index is 1.75. The molecule has 2 heterocycles. The predicted octanol–water partition coefficient (Wildman–Crippen LogP) is 2.19. The first-order chi connectivity index (χ1) is 15.7. The Labute approximate surface area is 196 Å². The zero-order valence-corrected chi connectivity index (χ0v) is 19.9. The van der Waals surface area contributed by atoms with Crippen LogP contribution < -0.4 is 10.6 Å². The average Bonchev–Trinajstić information content (AvgIpc) is 3.32. The molecule has 0 bridgehead atoms. The first kappa shape index (κ1) is 25.0. The summed E-state index contributed by atoms with van der Waals surface area (Å²) >= 11 is 0. The van der Waals surface area contributed by atoms with E-state index in [9.17, 15) is 23.6 Å². The molecule has 0 saturated carbocycles. The Bertz CT molecular complexity index is 1120. The van der Waals surface area contributed by atoms with Crippen LogP contribution in [0.25, 0.3) is 0 Å². The van der Waals surface area contributed by atoms with E-state index in [2.05, 4.69) is 20.8 Å². The summed E-state index contributed by atoms with van der Waals surface area (Å²) < 4.78 is 18.9. The van der Waals surface area contributed by atoms with Crippen LogP contribution in [-0.4, -0.2) is 56.9 Å². The van der Waals surface area contributed by atoms with E-state index in [1.807, 2.05) is 0 Å². The minimum absolute atomic E-state index is 0.151. The second-order valence-electron chi connectivity index (χ2n) is 9.64. The molecule has 1 fully saturated rings. The molecule has 4 amide bonds. The highest BCUT2D eigenvalue weighted by Crippen LogP contribution is 2.30. The number of rotatable bonds is 8. The molecule has 11 heteroatoms. The molecule has 0 radical (unpaired) electrons. The van der Waals surface area contributed by atoms with Gasteiger partial charge in [0.2, 0.25) is 17.6 Å². The largest absolute Gasteiger partial charge is 0.417 e. The Morgan fingerprint density at radius 3 is 2.32 bits per heavy atom. The topological polar surface area (TPSA) is 134 Å².